The molecule has 6 nitrogen and oxygen atoms in total. The highest BCUT2D eigenvalue weighted by Gasteiger charge is 2.15. The maximum Gasteiger partial charge on any atom is 0.228 e. The molecule has 0 unspecified atom stereocenters. The number of hydrogen-bond donors (Lipinski definition) is 1. The Morgan fingerprint density at radius 3 is 2.12 bits per heavy atom. The van der Waals surface area contributed by atoms with E-state index in [-0.39, 0.29) is 12.3 Å². The molecule has 128 valence electrons. The van der Waals surface area contributed by atoms with Crippen LogP contribution >= 0.6 is 0 Å². The summed E-state index contributed by atoms with van der Waals surface area (Å²) in [7, 11) is 6.20. The van der Waals surface area contributed by atoms with E-state index in [1.54, 1.807) is 31.4 Å². The molecule has 2 aromatic rings. The van der Waals surface area contributed by atoms with Gasteiger partial charge in [-0.15, -0.1) is 0 Å². The van der Waals surface area contributed by atoms with Crippen LogP contribution in [0.25, 0.3) is 0 Å². The van der Waals surface area contributed by atoms with Crippen LogP contribution < -0.4 is 24.3 Å². The van der Waals surface area contributed by atoms with E-state index in [1.165, 1.54) is 21.3 Å². The quantitative estimate of drug-likeness (QED) is 0.845. The molecule has 0 saturated heterocycles. The fourth-order valence-electron chi connectivity index (χ4n) is 2.33. The van der Waals surface area contributed by atoms with E-state index in [1.807, 2.05) is 12.1 Å². The Labute approximate surface area is 141 Å². The van der Waals surface area contributed by atoms with Gasteiger partial charge in [0.1, 0.15) is 5.75 Å². The van der Waals surface area contributed by atoms with Crippen molar-refractivity contribution in [3.05, 3.63) is 42.0 Å². The predicted molar refractivity (Wildman–Crippen MR) is 91.4 cm³/mol. The molecule has 0 aliphatic heterocycles. The minimum absolute atomic E-state index is 0.155. The van der Waals surface area contributed by atoms with Crippen molar-refractivity contribution < 1.29 is 23.7 Å². The zero-order valence-corrected chi connectivity index (χ0v) is 14.2. The lowest BCUT2D eigenvalue weighted by molar-refractivity contribution is -0.115. The first-order valence-corrected chi connectivity index (χ1v) is 7.34. The Hall–Kier alpha value is -2.89. The molecule has 2 aromatic carbocycles. The Balaban J connectivity index is 2.16. The average molecular weight is 331 g/mol. The van der Waals surface area contributed by atoms with Crippen molar-refractivity contribution in [1.29, 1.82) is 0 Å². The van der Waals surface area contributed by atoms with Crippen LogP contribution in [0.4, 0.5) is 5.69 Å². The predicted octanol–water partition coefficient (Wildman–Crippen LogP) is 2.90. The van der Waals surface area contributed by atoms with E-state index < -0.39 is 0 Å². The molecular formula is C18H21NO5. The van der Waals surface area contributed by atoms with Gasteiger partial charge in [0.25, 0.3) is 0 Å². The zero-order valence-electron chi connectivity index (χ0n) is 14.2. The number of amides is 1. The molecule has 0 saturated carbocycles. The van der Waals surface area contributed by atoms with Crippen molar-refractivity contribution in [1.82, 2.24) is 0 Å². The molecule has 0 radical (unpaired) electrons. The maximum atomic E-state index is 12.3. The number of nitrogens with one attached hydrogen (secondary N) is 1. The maximum absolute atomic E-state index is 12.3. The topological polar surface area (TPSA) is 66.0 Å². The molecule has 6 heteroatoms. The van der Waals surface area contributed by atoms with Crippen LogP contribution in [0, 0.1) is 0 Å². The van der Waals surface area contributed by atoms with E-state index >= 15 is 0 Å². The minimum Gasteiger partial charge on any atom is -0.497 e. The Bertz CT molecular complexity index is 689. The summed E-state index contributed by atoms with van der Waals surface area (Å²) >= 11 is 0. The van der Waals surface area contributed by atoms with Crippen molar-refractivity contribution in [2.45, 2.75) is 6.42 Å². The number of carbonyl (C=O) groups is 1. The monoisotopic (exact) mass is 331 g/mol. The fraction of sp³-hybridized carbons (Fsp3) is 0.278. The van der Waals surface area contributed by atoms with E-state index in [0.717, 1.165) is 5.56 Å². The smallest absolute Gasteiger partial charge is 0.228 e. The number of ether oxygens (including phenoxy) is 4. The number of anilines is 1. The molecule has 0 bridgehead atoms. The van der Waals surface area contributed by atoms with E-state index in [2.05, 4.69) is 5.32 Å². The van der Waals surface area contributed by atoms with Crippen LogP contribution in [0.5, 0.6) is 23.0 Å². The van der Waals surface area contributed by atoms with Gasteiger partial charge in [0.2, 0.25) is 11.7 Å². The molecule has 0 spiro atoms. The lowest BCUT2D eigenvalue weighted by atomic mass is 10.1. The van der Waals surface area contributed by atoms with Crippen molar-refractivity contribution in [3.63, 3.8) is 0 Å². The summed E-state index contributed by atoms with van der Waals surface area (Å²) in [5.74, 6) is 2.05. The van der Waals surface area contributed by atoms with Crippen LogP contribution in [-0.4, -0.2) is 34.3 Å². The van der Waals surface area contributed by atoms with E-state index in [9.17, 15) is 4.79 Å². The third-order valence-electron chi connectivity index (χ3n) is 3.44. The third kappa shape index (κ3) is 4.10. The van der Waals surface area contributed by atoms with Gasteiger partial charge in [-0.25, -0.2) is 0 Å². The Morgan fingerprint density at radius 2 is 1.58 bits per heavy atom. The summed E-state index contributed by atoms with van der Waals surface area (Å²) in [5, 5.41) is 2.84. The summed E-state index contributed by atoms with van der Waals surface area (Å²) < 4.78 is 21.0. The van der Waals surface area contributed by atoms with Crippen molar-refractivity contribution in [2.24, 2.45) is 0 Å². The van der Waals surface area contributed by atoms with Crippen LogP contribution in [0.15, 0.2) is 36.4 Å². The Kier molecular flexibility index (Phi) is 5.89. The highest BCUT2D eigenvalue weighted by molar-refractivity contribution is 5.92. The van der Waals surface area contributed by atoms with Gasteiger partial charge >= 0.3 is 0 Å². The number of hydrogen-bond acceptors (Lipinski definition) is 5. The van der Waals surface area contributed by atoms with Gasteiger partial charge in [0, 0.05) is 11.8 Å². The first-order chi connectivity index (χ1) is 11.6. The molecule has 0 aliphatic rings. The molecule has 2 rings (SSSR count). The second kappa shape index (κ2) is 8.10. The van der Waals surface area contributed by atoms with Crippen LogP contribution in [0.1, 0.15) is 5.56 Å². The summed E-state index contributed by atoms with van der Waals surface area (Å²) in [6, 6.07) is 10.7. The lowest BCUT2D eigenvalue weighted by Gasteiger charge is -2.14. The summed E-state index contributed by atoms with van der Waals surface area (Å²) in [6.45, 7) is 0. The highest BCUT2D eigenvalue weighted by atomic mass is 16.5. The van der Waals surface area contributed by atoms with Gasteiger partial charge in [-0.2, -0.15) is 0 Å². The number of rotatable bonds is 7. The zero-order chi connectivity index (χ0) is 17.5. The van der Waals surface area contributed by atoms with Gasteiger partial charge in [-0.05, 0) is 29.8 Å². The normalized spacial score (nSPS) is 10.0. The summed E-state index contributed by atoms with van der Waals surface area (Å²) in [4.78, 5) is 12.3. The number of benzene rings is 2. The lowest BCUT2D eigenvalue weighted by Crippen LogP contribution is -2.14. The Morgan fingerprint density at radius 1 is 0.917 bits per heavy atom. The second-order valence-corrected chi connectivity index (χ2v) is 4.99. The molecule has 24 heavy (non-hydrogen) atoms. The van der Waals surface area contributed by atoms with Gasteiger partial charge in [0.15, 0.2) is 11.5 Å². The van der Waals surface area contributed by atoms with Gasteiger partial charge in [-0.1, -0.05) is 6.07 Å². The van der Waals surface area contributed by atoms with E-state index in [4.69, 9.17) is 18.9 Å². The largest absolute Gasteiger partial charge is 0.497 e. The molecule has 0 fully saturated rings. The van der Waals surface area contributed by atoms with Crippen LogP contribution in [0.3, 0.4) is 0 Å². The fourth-order valence-corrected chi connectivity index (χ4v) is 2.33. The van der Waals surface area contributed by atoms with Crippen molar-refractivity contribution in [2.75, 3.05) is 33.8 Å². The molecule has 0 atom stereocenters. The number of carbonyl (C=O) groups excluding carboxylic acids is 1. The minimum atomic E-state index is -0.155. The van der Waals surface area contributed by atoms with Gasteiger partial charge < -0.3 is 24.3 Å². The summed E-state index contributed by atoms with van der Waals surface area (Å²) in [6.07, 6.45) is 0.175. The first kappa shape index (κ1) is 17.5. The second-order valence-electron chi connectivity index (χ2n) is 4.99. The molecular weight excluding hydrogens is 310 g/mol. The van der Waals surface area contributed by atoms with Crippen LogP contribution in [-0.2, 0) is 11.2 Å². The molecule has 0 aromatic heterocycles. The third-order valence-corrected chi connectivity index (χ3v) is 3.44. The van der Waals surface area contributed by atoms with Gasteiger partial charge in [-0.3, -0.25) is 4.79 Å². The molecule has 0 aliphatic carbocycles. The number of methoxy groups -OCH3 is 4. The van der Waals surface area contributed by atoms with Crippen molar-refractivity contribution >= 4 is 11.6 Å². The average Bonchev–Trinajstić information content (AvgIpc) is 2.60. The van der Waals surface area contributed by atoms with Crippen LogP contribution in [0.2, 0.25) is 0 Å². The molecule has 1 amide bonds. The SMILES string of the molecule is COc1cccc(NC(=O)Cc2cc(OC)c(OC)c(OC)c2)c1. The first-order valence-electron chi connectivity index (χ1n) is 7.34. The highest BCUT2D eigenvalue weighted by Crippen LogP contribution is 2.38. The molecule has 0 heterocycles. The van der Waals surface area contributed by atoms with Crippen molar-refractivity contribution in [3.8, 4) is 23.0 Å². The molecule has 1 N–H and O–H groups in total. The standard InChI is InChI=1S/C18H21NO5/c1-21-14-7-5-6-13(11-14)19-17(20)10-12-8-15(22-2)18(24-4)16(9-12)23-3/h5-9,11H,10H2,1-4H3,(H,19,20). The van der Waals surface area contributed by atoms with E-state index in [0.29, 0.717) is 28.7 Å². The van der Waals surface area contributed by atoms with Gasteiger partial charge in [0.05, 0.1) is 34.9 Å². The summed E-state index contributed by atoms with van der Waals surface area (Å²) in [5.41, 5.74) is 1.43.